The fourth-order valence-electron chi connectivity index (χ4n) is 3.56. The van der Waals surface area contributed by atoms with E-state index in [1.165, 1.54) is 4.90 Å². The molecule has 114 valence electrons. The maximum absolute atomic E-state index is 12.4. The summed E-state index contributed by atoms with van der Waals surface area (Å²) >= 11 is 0. The third kappa shape index (κ3) is 2.17. The van der Waals surface area contributed by atoms with Gasteiger partial charge in [0.25, 0.3) is 0 Å². The number of urea groups is 1. The van der Waals surface area contributed by atoms with Crippen LogP contribution in [-0.2, 0) is 4.79 Å². The van der Waals surface area contributed by atoms with Gasteiger partial charge in [0.05, 0.1) is 0 Å². The summed E-state index contributed by atoms with van der Waals surface area (Å²) in [7, 11) is 0. The average Bonchev–Trinajstić information content (AvgIpc) is 2.70. The van der Waals surface area contributed by atoms with Gasteiger partial charge in [-0.25, -0.2) is 9.59 Å². The van der Waals surface area contributed by atoms with Crippen molar-refractivity contribution in [1.82, 2.24) is 10.2 Å². The van der Waals surface area contributed by atoms with Crippen molar-refractivity contribution in [3.8, 4) is 0 Å². The van der Waals surface area contributed by atoms with E-state index in [2.05, 4.69) is 33.0 Å². The van der Waals surface area contributed by atoms with Crippen LogP contribution < -0.4 is 5.32 Å². The van der Waals surface area contributed by atoms with E-state index in [1.54, 1.807) is 0 Å². The largest absolute Gasteiger partial charge is 0.480 e. The fraction of sp³-hybridized carbons (Fsp3) is 0.867. The van der Waals surface area contributed by atoms with Gasteiger partial charge in [0, 0.05) is 12.6 Å². The van der Waals surface area contributed by atoms with Gasteiger partial charge in [-0.3, -0.25) is 0 Å². The van der Waals surface area contributed by atoms with Crippen molar-refractivity contribution in [2.75, 3.05) is 6.54 Å². The summed E-state index contributed by atoms with van der Waals surface area (Å²) in [6.45, 7) is 11.0. The average molecular weight is 282 g/mol. The molecule has 20 heavy (non-hydrogen) atoms. The molecule has 0 aromatic rings. The molecular weight excluding hydrogens is 256 g/mol. The Bertz CT molecular complexity index is 417. The third-order valence-corrected chi connectivity index (χ3v) is 5.74. The maximum Gasteiger partial charge on any atom is 0.326 e. The van der Waals surface area contributed by atoms with Crippen LogP contribution >= 0.6 is 0 Å². The lowest BCUT2D eigenvalue weighted by atomic mass is 9.91. The van der Waals surface area contributed by atoms with E-state index in [9.17, 15) is 14.7 Å². The number of aliphatic carboxylic acids is 1. The number of carboxylic acids is 1. The Balaban J connectivity index is 2.07. The first-order valence-corrected chi connectivity index (χ1v) is 7.40. The molecule has 2 fully saturated rings. The van der Waals surface area contributed by atoms with Crippen LogP contribution in [0.2, 0.25) is 0 Å². The van der Waals surface area contributed by atoms with Crippen LogP contribution in [0.15, 0.2) is 0 Å². The molecule has 1 saturated carbocycles. The van der Waals surface area contributed by atoms with Crippen molar-refractivity contribution in [2.24, 2.45) is 16.7 Å². The van der Waals surface area contributed by atoms with Crippen LogP contribution in [0, 0.1) is 16.7 Å². The highest BCUT2D eigenvalue weighted by Gasteiger charge is 2.65. The standard InChI is InChI=1S/C15H26N2O3/c1-9-7-6-8-17(10(9)11(18)19)13(20)16-12-14(2,3)15(12,4)5/h9-10,12H,6-8H2,1-5H3,(H,16,20)(H,18,19). The lowest BCUT2D eigenvalue weighted by Crippen LogP contribution is -2.55. The fourth-order valence-corrected chi connectivity index (χ4v) is 3.56. The topological polar surface area (TPSA) is 69.6 Å². The molecule has 0 spiro atoms. The minimum absolute atomic E-state index is 0.00669. The highest BCUT2D eigenvalue weighted by Crippen LogP contribution is 2.62. The number of hydrogen-bond donors (Lipinski definition) is 2. The van der Waals surface area contributed by atoms with Gasteiger partial charge < -0.3 is 15.3 Å². The first kappa shape index (κ1) is 15.1. The minimum Gasteiger partial charge on any atom is -0.480 e. The lowest BCUT2D eigenvalue weighted by Gasteiger charge is -2.37. The molecule has 2 unspecified atom stereocenters. The van der Waals surface area contributed by atoms with Crippen molar-refractivity contribution in [3.05, 3.63) is 0 Å². The van der Waals surface area contributed by atoms with Gasteiger partial charge in [0.15, 0.2) is 0 Å². The number of amides is 2. The maximum atomic E-state index is 12.4. The molecule has 2 aliphatic rings. The van der Waals surface area contributed by atoms with E-state index in [0.717, 1.165) is 12.8 Å². The number of carbonyl (C=O) groups is 2. The van der Waals surface area contributed by atoms with Crippen molar-refractivity contribution >= 4 is 12.0 Å². The van der Waals surface area contributed by atoms with E-state index >= 15 is 0 Å². The van der Waals surface area contributed by atoms with E-state index in [1.807, 2.05) is 6.92 Å². The molecule has 1 saturated heterocycles. The van der Waals surface area contributed by atoms with Crippen molar-refractivity contribution in [3.63, 3.8) is 0 Å². The molecule has 1 heterocycles. The number of likely N-dealkylation sites (tertiary alicyclic amines) is 1. The van der Waals surface area contributed by atoms with Gasteiger partial charge in [-0.1, -0.05) is 34.6 Å². The first-order chi connectivity index (χ1) is 9.10. The molecule has 0 aromatic carbocycles. The first-order valence-electron chi connectivity index (χ1n) is 7.40. The highest BCUT2D eigenvalue weighted by molar-refractivity contribution is 5.83. The Morgan fingerprint density at radius 3 is 2.20 bits per heavy atom. The smallest absolute Gasteiger partial charge is 0.326 e. The van der Waals surface area contributed by atoms with Crippen molar-refractivity contribution < 1.29 is 14.7 Å². The van der Waals surface area contributed by atoms with Gasteiger partial charge in [-0.15, -0.1) is 0 Å². The lowest BCUT2D eigenvalue weighted by molar-refractivity contribution is -0.145. The van der Waals surface area contributed by atoms with Crippen LogP contribution in [0.4, 0.5) is 4.79 Å². The van der Waals surface area contributed by atoms with E-state index in [4.69, 9.17) is 0 Å². The number of nitrogens with one attached hydrogen (secondary N) is 1. The highest BCUT2D eigenvalue weighted by atomic mass is 16.4. The summed E-state index contributed by atoms with van der Waals surface area (Å²) in [5.74, 6) is -0.895. The predicted octanol–water partition coefficient (Wildman–Crippen LogP) is 2.32. The molecule has 5 nitrogen and oxygen atoms in total. The monoisotopic (exact) mass is 282 g/mol. The second kappa shape index (κ2) is 4.64. The Hall–Kier alpha value is -1.26. The van der Waals surface area contributed by atoms with E-state index < -0.39 is 12.0 Å². The molecule has 2 N–H and O–H groups in total. The number of piperidine rings is 1. The van der Waals surface area contributed by atoms with Gasteiger partial charge in [0.1, 0.15) is 6.04 Å². The molecule has 0 radical (unpaired) electrons. The van der Waals surface area contributed by atoms with Gasteiger partial charge >= 0.3 is 12.0 Å². The zero-order chi connectivity index (χ0) is 15.3. The Labute approximate surface area is 120 Å². The number of carboxylic acid groups (broad SMARTS) is 1. The number of rotatable bonds is 2. The van der Waals surface area contributed by atoms with Gasteiger partial charge in [0.2, 0.25) is 0 Å². The van der Waals surface area contributed by atoms with Gasteiger partial charge in [-0.05, 0) is 29.6 Å². The molecule has 1 aliphatic heterocycles. The summed E-state index contributed by atoms with van der Waals surface area (Å²) < 4.78 is 0. The number of carbonyl (C=O) groups excluding carboxylic acids is 1. The molecule has 2 rings (SSSR count). The summed E-state index contributed by atoms with van der Waals surface area (Å²) in [4.78, 5) is 25.4. The van der Waals surface area contributed by atoms with Crippen LogP contribution in [-0.4, -0.2) is 40.6 Å². The summed E-state index contributed by atoms with van der Waals surface area (Å²) in [6.07, 6.45) is 1.73. The van der Waals surface area contributed by atoms with Crippen LogP contribution in [0.5, 0.6) is 0 Å². The van der Waals surface area contributed by atoms with Crippen molar-refractivity contribution in [1.29, 1.82) is 0 Å². The zero-order valence-corrected chi connectivity index (χ0v) is 13.1. The number of hydrogen-bond acceptors (Lipinski definition) is 2. The quantitative estimate of drug-likeness (QED) is 0.816. The minimum atomic E-state index is -0.901. The van der Waals surface area contributed by atoms with Crippen LogP contribution in [0.3, 0.4) is 0 Å². The van der Waals surface area contributed by atoms with Crippen LogP contribution in [0.1, 0.15) is 47.5 Å². The molecule has 0 bridgehead atoms. The second-order valence-electron chi connectivity index (χ2n) is 7.42. The van der Waals surface area contributed by atoms with Crippen molar-refractivity contribution in [2.45, 2.75) is 59.5 Å². The Morgan fingerprint density at radius 2 is 1.75 bits per heavy atom. The molecule has 2 amide bonds. The summed E-state index contributed by atoms with van der Waals surface area (Å²) in [5.41, 5.74) is 0.117. The molecular formula is C15H26N2O3. The van der Waals surface area contributed by atoms with E-state index in [-0.39, 0.29) is 28.8 Å². The normalized spacial score (nSPS) is 31.8. The molecule has 0 aromatic heterocycles. The zero-order valence-electron chi connectivity index (χ0n) is 13.1. The second-order valence-corrected chi connectivity index (χ2v) is 7.42. The van der Waals surface area contributed by atoms with Crippen LogP contribution in [0.25, 0.3) is 0 Å². The SMILES string of the molecule is CC1CCCN(C(=O)NC2C(C)(C)C2(C)C)C1C(=O)O. The Morgan fingerprint density at radius 1 is 1.20 bits per heavy atom. The number of nitrogens with zero attached hydrogens (tertiary/aromatic N) is 1. The summed E-state index contributed by atoms with van der Waals surface area (Å²) in [6, 6.07) is -0.824. The molecule has 5 heteroatoms. The van der Waals surface area contributed by atoms with Gasteiger partial charge in [-0.2, -0.15) is 0 Å². The predicted molar refractivity (Wildman–Crippen MR) is 76.4 cm³/mol. The van der Waals surface area contributed by atoms with E-state index in [0.29, 0.717) is 6.54 Å². The summed E-state index contributed by atoms with van der Waals surface area (Å²) in [5, 5.41) is 12.4. The molecule has 2 atom stereocenters. The molecule has 1 aliphatic carbocycles. The Kier molecular flexibility index (Phi) is 3.51. The third-order valence-electron chi connectivity index (χ3n) is 5.74.